The number of para-hydroxylation sites is 1. The minimum absolute atomic E-state index is 0.355. The molecule has 0 unspecified atom stereocenters. The molecule has 0 aromatic heterocycles. The smallest absolute Gasteiger partial charge is 0.320 e. The fourth-order valence-electron chi connectivity index (χ4n) is 0.884. The maximum atomic E-state index is 11.1. The highest BCUT2D eigenvalue weighted by molar-refractivity contribution is 7.93. The first-order valence-electron chi connectivity index (χ1n) is 3.77. The number of hydrogen-bond donors (Lipinski definition) is 2. The van der Waals surface area contributed by atoms with E-state index in [1.165, 1.54) is 0 Å². The molecule has 0 amide bonds. The van der Waals surface area contributed by atoms with Crippen molar-refractivity contribution in [2.24, 2.45) is 0 Å². The van der Waals surface area contributed by atoms with Gasteiger partial charge < -0.3 is 5.11 Å². The molecule has 0 bridgehead atoms. The second-order valence-corrected chi connectivity index (χ2v) is 4.34. The van der Waals surface area contributed by atoms with Gasteiger partial charge in [-0.3, -0.25) is 9.52 Å². The fourth-order valence-corrected chi connectivity index (χ4v) is 1.78. The van der Waals surface area contributed by atoms with E-state index in [0.29, 0.717) is 5.69 Å². The number of nitrogens with one attached hydrogen (secondary N) is 1. The lowest BCUT2D eigenvalue weighted by molar-refractivity contribution is -0.134. The third-order valence-electron chi connectivity index (χ3n) is 1.36. The topological polar surface area (TPSA) is 83.5 Å². The molecule has 0 spiro atoms. The molecule has 5 nitrogen and oxygen atoms in total. The van der Waals surface area contributed by atoms with Gasteiger partial charge in [0.1, 0.15) is 0 Å². The van der Waals surface area contributed by atoms with Crippen molar-refractivity contribution in [1.29, 1.82) is 0 Å². The van der Waals surface area contributed by atoms with Crippen LogP contribution in [0.3, 0.4) is 0 Å². The second-order valence-electron chi connectivity index (χ2n) is 2.62. The minimum Gasteiger partial charge on any atom is -0.480 e. The van der Waals surface area contributed by atoms with Crippen LogP contribution in [0.25, 0.3) is 0 Å². The van der Waals surface area contributed by atoms with Crippen LogP contribution in [0.5, 0.6) is 0 Å². The minimum atomic E-state index is -3.78. The molecule has 1 rings (SSSR count). The number of aliphatic carboxylic acids is 1. The van der Waals surface area contributed by atoms with E-state index in [1.807, 2.05) is 0 Å². The maximum Gasteiger partial charge on any atom is 0.320 e. The molecule has 0 saturated heterocycles. The van der Waals surface area contributed by atoms with Crippen LogP contribution in [0.15, 0.2) is 30.3 Å². The van der Waals surface area contributed by atoms with Gasteiger partial charge in [0.25, 0.3) is 0 Å². The monoisotopic (exact) mass is 215 g/mol. The van der Waals surface area contributed by atoms with Gasteiger partial charge in [-0.25, -0.2) is 8.42 Å². The Kier molecular flexibility index (Phi) is 3.08. The van der Waals surface area contributed by atoms with E-state index in [9.17, 15) is 13.2 Å². The Morgan fingerprint density at radius 3 is 2.36 bits per heavy atom. The molecule has 0 aliphatic heterocycles. The van der Waals surface area contributed by atoms with Gasteiger partial charge in [-0.2, -0.15) is 0 Å². The molecule has 0 saturated carbocycles. The van der Waals surface area contributed by atoms with E-state index >= 15 is 0 Å². The van der Waals surface area contributed by atoms with Gasteiger partial charge in [0.2, 0.25) is 10.0 Å². The first kappa shape index (κ1) is 10.5. The molecule has 0 heterocycles. The third-order valence-corrected chi connectivity index (χ3v) is 2.53. The highest BCUT2D eigenvalue weighted by atomic mass is 32.2. The first-order chi connectivity index (χ1) is 6.49. The van der Waals surface area contributed by atoms with Crippen LogP contribution in [0, 0.1) is 0 Å². The zero-order valence-corrected chi connectivity index (χ0v) is 7.99. The van der Waals surface area contributed by atoms with E-state index in [4.69, 9.17) is 5.11 Å². The average molecular weight is 215 g/mol. The van der Waals surface area contributed by atoms with E-state index in [0.717, 1.165) is 0 Å². The normalized spacial score (nSPS) is 10.9. The SMILES string of the molecule is O=C(O)CS(=O)(=O)Nc1ccccc1. The van der Waals surface area contributed by atoms with Crippen molar-refractivity contribution in [3.8, 4) is 0 Å². The Bertz CT molecular complexity index is 412. The van der Waals surface area contributed by atoms with Gasteiger partial charge >= 0.3 is 5.97 Å². The van der Waals surface area contributed by atoms with Gasteiger partial charge in [0.15, 0.2) is 5.75 Å². The largest absolute Gasteiger partial charge is 0.480 e. The summed E-state index contributed by atoms with van der Waals surface area (Å²) in [5, 5.41) is 8.31. The van der Waals surface area contributed by atoms with Crippen molar-refractivity contribution in [2.75, 3.05) is 10.5 Å². The molecule has 0 radical (unpaired) electrons. The number of rotatable bonds is 4. The molecular weight excluding hydrogens is 206 g/mol. The molecule has 76 valence electrons. The van der Waals surface area contributed by atoms with E-state index in [1.54, 1.807) is 30.3 Å². The summed E-state index contributed by atoms with van der Waals surface area (Å²) in [5.74, 6) is -2.31. The van der Waals surface area contributed by atoms with Gasteiger partial charge in [-0.05, 0) is 12.1 Å². The summed E-state index contributed by atoms with van der Waals surface area (Å²) in [6, 6.07) is 8.12. The number of carboxylic acid groups (broad SMARTS) is 1. The number of anilines is 1. The lowest BCUT2D eigenvalue weighted by atomic mass is 10.3. The van der Waals surface area contributed by atoms with Gasteiger partial charge in [-0.1, -0.05) is 18.2 Å². The number of carboxylic acids is 1. The molecule has 1 aromatic rings. The molecule has 1 aromatic carbocycles. The third kappa shape index (κ3) is 3.44. The molecule has 0 aliphatic rings. The number of benzene rings is 1. The van der Waals surface area contributed by atoms with Crippen LogP contribution in [-0.4, -0.2) is 25.2 Å². The van der Waals surface area contributed by atoms with Gasteiger partial charge in [0.05, 0.1) is 0 Å². The van der Waals surface area contributed by atoms with Crippen LogP contribution < -0.4 is 4.72 Å². The van der Waals surface area contributed by atoms with Crippen LogP contribution >= 0.6 is 0 Å². The molecule has 2 N–H and O–H groups in total. The van der Waals surface area contributed by atoms with Crippen molar-refractivity contribution < 1.29 is 18.3 Å². The highest BCUT2D eigenvalue weighted by Crippen LogP contribution is 2.07. The lowest BCUT2D eigenvalue weighted by Crippen LogP contribution is -2.22. The summed E-state index contributed by atoms with van der Waals surface area (Å²) in [4.78, 5) is 10.2. The molecule has 0 aliphatic carbocycles. The Morgan fingerprint density at radius 2 is 1.86 bits per heavy atom. The van der Waals surface area contributed by atoms with Crippen LogP contribution in [0.4, 0.5) is 5.69 Å². The predicted molar refractivity (Wildman–Crippen MR) is 51.5 cm³/mol. The van der Waals surface area contributed by atoms with Crippen molar-refractivity contribution in [3.63, 3.8) is 0 Å². The fraction of sp³-hybridized carbons (Fsp3) is 0.125. The van der Waals surface area contributed by atoms with Crippen LogP contribution in [-0.2, 0) is 14.8 Å². The van der Waals surface area contributed by atoms with E-state index < -0.39 is 21.7 Å². The summed E-state index contributed by atoms with van der Waals surface area (Å²) in [6.45, 7) is 0. The Hall–Kier alpha value is -1.56. The number of carbonyl (C=O) groups is 1. The van der Waals surface area contributed by atoms with Crippen LogP contribution in [0.1, 0.15) is 0 Å². The first-order valence-corrected chi connectivity index (χ1v) is 5.42. The van der Waals surface area contributed by atoms with Gasteiger partial charge in [-0.15, -0.1) is 0 Å². The van der Waals surface area contributed by atoms with E-state index in [2.05, 4.69) is 4.72 Å². The Labute approximate surface area is 81.4 Å². The van der Waals surface area contributed by atoms with Crippen molar-refractivity contribution >= 4 is 21.7 Å². The zero-order valence-electron chi connectivity index (χ0n) is 7.17. The summed E-state index contributed by atoms with van der Waals surface area (Å²) in [7, 11) is -3.78. The molecule has 6 heteroatoms. The lowest BCUT2D eigenvalue weighted by Gasteiger charge is -2.04. The highest BCUT2D eigenvalue weighted by Gasteiger charge is 2.14. The summed E-state index contributed by atoms with van der Waals surface area (Å²) in [6.07, 6.45) is 0. The number of sulfonamides is 1. The van der Waals surface area contributed by atoms with Crippen molar-refractivity contribution in [2.45, 2.75) is 0 Å². The predicted octanol–water partition coefficient (Wildman–Crippen LogP) is 0.513. The van der Waals surface area contributed by atoms with Crippen molar-refractivity contribution in [3.05, 3.63) is 30.3 Å². The second kappa shape index (κ2) is 4.10. The molecule has 14 heavy (non-hydrogen) atoms. The molecule has 0 atom stereocenters. The summed E-state index contributed by atoms with van der Waals surface area (Å²) < 4.78 is 24.4. The Morgan fingerprint density at radius 1 is 1.29 bits per heavy atom. The standard InChI is InChI=1S/C8H9NO4S/c10-8(11)6-14(12,13)9-7-4-2-1-3-5-7/h1-5,9H,6H2,(H,10,11). The quantitative estimate of drug-likeness (QED) is 0.766. The summed E-state index contributed by atoms with van der Waals surface area (Å²) in [5.41, 5.74) is 0.355. The van der Waals surface area contributed by atoms with Gasteiger partial charge in [0, 0.05) is 5.69 Å². The average Bonchev–Trinajstić information content (AvgIpc) is 2.02. The summed E-state index contributed by atoms with van der Waals surface area (Å²) >= 11 is 0. The Balaban J connectivity index is 2.74. The van der Waals surface area contributed by atoms with Crippen LogP contribution in [0.2, 0.25) is 0 Å². The molecular formula is C8H9NO4S. The zero-order chi connectivity index (χ0) is 10.6. The number of hydrogen-bond acceptors (Lipinski definition) is 3. The van der Waals surface area contributed by atoms with E-state index in [-0.39, 0.29) is 0 Å². The van der Waals surface area contributed by atoms with Crippen molar-refractivity contribution in [1.82, 2.24) is 0 Å². The maximum absolute atomic E-state index is 11.1. The molecule has 0 fully saturated rings.